The van der Waals surface area contributed by atoms with Crippen molar-refractivity contribution in [1.29, 1.82) is 0 Å². The van der Waals surface area contributed by atoms with Gasteiger partial charge in [0.15, 0.2) is 0 Å². The molecule has 1 aliphatic heterocycles. The summed E-state index contributed by atoms with van der Waals surface area (Å²) in [5, 5.41) is -0.193. The highest BCUT2D eigenvalue weighted by Crippen LogP contribution is 2.49. The number of halogens is 5. The molecule has 0 saturated heterocycles. The average Bonchev–Trinajstić information content (AvgIpc) is 2.82. The molecule has 2 aliphatic rings. The number of rotatable bonds is 1. The fourth-order valence-electron chi connectivity index (χ4n) is 4.16. The first kappa shape index (κ1) is 19.5. The molecule has 1 N–H and O–H groups in total. The van der Waals surface area contributed by atoms with Crippen molar-refractivity contribution in [3.8, 4) is 0 Å². The molecule has 4 rings (SSSR count). The largest absolute Gasteiger partial charge is 0.416 e. The lowest BCUT2D eigenvalue weighted by Gasteiger charge is -2.31. The predicted octanol–water partition coefficient (Wildman–Crippen LogP) is 4.50. The number of hydrogen-bond acceptors (Lipinski definition) is 3. The molecule has 1 aromatic carbocycles. The Bertz CT molecular complexity index is 1050. The number of alkyl halides is 5. The first-order chi connectivity index (χ1) is 13.1. The van der Waals surface area contributed by atoms with E-state index in [9.17, 15) is 31.5 Å². The standard InChI is InChI=1S/C18H17F5N2O2S/c19-17(20)4-2-9(3-5-17)12-11(18(21,22)23)8-10-13-14(12)28-7-1-6-25(13)16(27)24-15(10)26/h8-9H,1-7H2,(H,24,26,27). The van der Waals surface area contributed by atoms with Crippen molar-refractivity contribution in [2.24, 2.45) is 0 Å². The number of thioether (sulfide) groups is 1. The van der Waals surface area contributed by atoms with E-state index in [1.165, 1.54) is 16.3 Å². The van der Waals surface area contributed by atoms with Crippen LogP contribution in [0.2, 0.25) is 0 Å². The van der Waals surface area contributed by atoms with Gasteiger partial charge in [-0.25, -0.2) is 13.6 Å². The van der Waals surface area contributed by atoms with Crippen molar-refractivity contribution in [3.63, 3.8) is 0 Å². The van der Waals surface area contributed by atoms with E-state index in [-0.39, 0.29) is 40.7 Å². The Kier molecular flexibility index (Phi) is 4.59. The van der Waals surface area contributed by atoms with E-state index in [1.807, 2.05) is 0 Å². The van der Waals surface area contributed by atoms with Gasteiger partial charge >= 0.3 is 11.9 Å². The maximum Gasteiger partial charge on any atom is 0.416 e. The van der Waals surface area contributed by atoms with E-state index < -0.39 is 47.7 Å². The smallest absolute Gasteiger partial charge is 0.292 e. The van der Waals surface area contributed by atoms with Gasteiger partial charge in [-0.3, -0.25) is 14.3 Å². The summed E-state index contributed by atoms with van der Waals surface area (Å²) < 4.78 is 70.2. The minimum Gasteiger partial charge on any atom is -0.292 e. The summed E-state index contributed by atoms with van der Waals surface area (Å²) in [4.78, 5) is 26.8. The highest BCUT2D eigenvalue weighted by molar-refractivity contribution is 7.99. The van der Waals surface area contributed by atoms with Crippen LogP contribution in [-0.2, 0) is 12.7 Å². The third kappa shape index (κ3) is 3.25. The van der Waals surface area contributed by atoms with Crippen LogP contribution in [0.15, 0.2) is 20.6 Å². The molecule has 0 amide bonds. The second kappa shape index (κ2) is 6.60. The topological polar surface area (TPSA) is 54.9 Å². The molecule has 4 nitrogen and oxygen atoms in total. The Morgan fingerprint density at radius 1 is 1.18 bits per heavy atom. The van der Waals surface area contributed by atoms with E-state index in [1.54, 1.807) is 0 Å². The zero-order valence-corrected chi connectivity index (χ0v) is 15.5. The summed E-state index contributed by atoms with van der Waals surface area (Å²) in [7, 11) is 0. The van der Waals surface area contributed by atoms with Crippen LogP contribution in [-0.4, -0.2) is 21.2 Å². The lowest BCUT2D eigenvalue weighted by atomic mass is 9.80. The van der Waals surface area contributed by atoms with Crippen LogP contribution in [0.1, 0.15) is 49.1 Å². The summed E-state index contributed by atoms with van der Waals surface area (Å²) in [6.07, 6.45) is -5.27. The maximum atomic E-state index is 13.9. The predicted molar refractivity (Wildman–Crippen MR) is 95.3 cm³/mol. The van der Waals surface area contributed by atoms with Gasteiger partial charge in [-0.2, -0.15) is 13.2 Å². The monoisotopic (exact) mass is 420 g/mol. The van der Waals surface area contributed by atoms with Crippen LogP contribution < -0.4 is 11.2 Å². The maximum absolute atomic E-state index is 13.9. The molecular formula is C18H17F5N2O2S. The summed E-state index contributed by atoms with van der Waals surface area (Å²) >= 11 is 1.17. The molecule has 0 spiro atoms. The molecule has 1 aromatic heterocycles. The van der Waals surface area contributed by atoms with Gasteiger partial charge < -0.3 is 0 Å². The molecule has 2 aromatic rings. The molecule has 10 heteroatoms. The van der Waals surface area contributed by atoms with E-state index in [4.69, 9.17) is 0 Å². The molecule has 1 saturated carbocycles. The van der Waals surface area contributed by atoms with Gasteiger partial charge in [0.25, 0.3) is 5.56 Å². The first-order valence-corrected chi connectivity index (χ1v) is 9.98. The van der Waals surface area contributed by atoms with Gasteiger partial charge in [0.2, 0.25) is 5.92 Å². The zero-order valence-electron chi connectivity index (χ0n) is 14.7. The summed E-state index contributed by atoms with van der Waals surface area (Å²) in [6.45, 7) is 0.277. The molecule has 0 atom stereocenters. The van der Waals surface area contributed by atoms with E-state index >= 15 is 0 Å². The van der Waals surface area contributed by atoms with Crippen molar-refractivity contribution < 1.29 is 22.0 Å². The lowest BCUT2D eigenvalue weighted by Crippen LogP contribution is -2.31. The number of aryl methyl sites for hydroxylation is 1. The number of aromatic nitrogens is 2. The van der Waals surface area contributed by atoms with Gasteiger partial charge in [0, 0.05) is 24.3 Å². The van der Waals surface area contributed by atoms with Crippen LogP contribution in [0, 0.1) is 0 Å². The molecule has 1 aliphatic carbocycles. The number of nitrogens with zero attached hydrogens (tertiary/aromatic N) is 1. The number of benzene rings is 1. The fraction of sp³-hybridized carbons (Fsp3) is 0.556. The van der Waals surface area contributed by atoms with Gasteiger partial charge in [-0.05, 0) is 42.6 Å². The van der Waals surface area contributed by atoms with Crippen molar-refractivity contribution in [2.75, 3.05) is 5.75 Å². The average molecular weight is 420 g/mol. The molecule has 1 fully saturated rings. The number of H-pyrrole nitrogens is 1. The highest BCUT2D eigenvalue weighted by Gasteiger charge is 2.42. The van der Waals surface area contributed by atoms with Crippen molar-refractivity contribution >= 4 is 22.7 Å². The third-order valence-corrected chi connectivity index (χ3v) is 6.67. The molecule has 0 bridgehead atoms. The van der Waals surface area contributed by atoms with E-state index in [2.05, 4.69) is 4.98 Å². The van der Waals surface area contributed by atoms with Crippen LogP contribution in [0.4, 0.5) is 22.0 Å². The third-order valence-electron chi connectivity index (χ3n) is 5.48. The number of nitrogens with one attached hydrogen (secondary N) is 1. The summed E-state index contributed by atoms with van der Waals surface area (Å²) in [5.74, 6) is -3.09. The van der Waals surface area contributed by atoms with Crippen LogP contribution in [0.25, 0.3) is 10.9 Å². The molecule has 2 heterocycles. The lowest BCUT2D eigenvalue weighted by molar-refractivity contribution is -0.138. The Labute approximate surface area is 160 Å². The molecule has 28 heavy (non-hydrogen) atoms. The molecule has 0 unspecified atom stereocenters. The van der Waals surface area contributed by atoms with Crippen molar-refractivity contribution in [3.05, 3.63) is 38.0 Å². The Balaban J connectivity index is 2.05. The quantitative estimate of drug-likeness (QED) is 0.692. The van der Waals surface area contributed by atoms with E-state index in [0.717, 1.165) is 6.07 Å². The second-order valence-electron chi connectivity index (χ2n) is 7.30. The first-order valence-electron chi connectivity index (χ1n) is 9.00. The minimum atomic E-state index is -4.74. The van der Waals surface area contributed by atoms with Gasteiger partial charge in [0.05, 0.1) is 16.5 Å². The van der Waals surface area contributed by atoms with Crippen LogP contribution in [0.3, 0.4) is 0 Å². The van der Waals surface area contributed by atoms with Crippen molar-refractivity contribution in [1.82, 2.24) is 9.55 Å². The molecular weight excluding hydrogens is 403 g/mol. The number of aromatic amines is 1. The highest BCUT2D eigenvalue weighted by atomic mass is 32.2. The summed E-state index contributed by atoms with van der Waals surface area (Å²) in [5.41, 5.74) is -2.34. The normalized spacial score (nSPS) is 20.3. The zero-order chi connectivity index (χ0) is 20.3. The molecule has 152 valence electrons. The number of hydrogen-bond donors (Lipinski definition) is 1. The second-order valence-corrected chi connectivity index (χ2v) is 8.41. The van der Waals surface area contributed by atoms with E-state index in [0.29, 0.717) is 12.2 Å². The van der Waals surface area contributed by atoms with Gasteiger partial charge in [0.1, 0.15) is 0 Å². The Morgan fingerprint density at radius 3 is 2.50 bits per heavy atom. The minimum absolute atomic E-state index is 0.0406. The molecule has 0 radical (unpaired) electrons. The van der Waals surface area contributed by atoms with Gasteiger partial charge in [-0.15, -0.1) is 11.8 Å². The Morgan fingerprint density at radius 2 is 1.86 bits per heavy atom. The fourth-order valence-corrected chi connectivity index (χ4v) is 5.43. The Hall–Kier alpha value is -1.84. The van der Waals surface area contributed by atoms with Gasteiger partial charge in [-0.1, -0.05) is 0 Å². The van der Waals surface area contributed by atoms with Crippen LogP contribution >= 0.6 is 11.8 Å². The SMILES string of the molecule is O=c1[nH]c(=O)n2c3c(c(C4CCC(F)(F)CC4)c(C(F)(F)F)cc13)SCCC2. The van der Waals surface area contributed by atoms with Crippen LogP contribution in [0.5, 0.6) is 0 Å². The summed E-state index contributed by atoms with van der Waals surface area (Å²) in [6, 6.07) is 0.779. The van der Waals surface area contributed by atoms with Crippen molar-refractivity contribution in [2.45, 2.75) is 61.6 Å².